The third-order valence-electron chi connectivity index (χ3n) is 5.31. The Morgan fingerprint density at radius 2 is 1.73 bits per heavy atom. The van der Waals surface area contributed by atoms with E-state index in [1.165, 1.54) is 17.2 Å². The lowest BCUT2D eigenvalue weighted by atomic mass is 10.1. The van der Waals surface area contributed by atoms with Crippen molar-refractivity contribution >= 4 is 44.8 Å². The Hall–Kier alpha value is -3.04. The summed E-state index contributed by atoms with van der Waals surface area (Å²) in [7, 11) is 0. The normalized spacial score (nSPS) is 10.9. The number of hydrogen-bond acceptors (Lipinski definition) is 3. The van der Waals surface area contributed by atoms with E-state index in [2.05, 4.69) is 68.0 Å². The van der Waals surface area contributed by atoms with Crippen molar-refractivity contribution in [2.45, 2.75) is 33.9 Å². The fourth-order valence-corrected chi connectivity index (χ4v) is 4.13. The molecule has 0 aliphatic carbocycles. The first-order valence-electron chi connectivity index (χ1n) is 10.4. The van der Waals surface area contributed by atoms with Crippen LogP contribution >= 0.6 is 28.1 Å². The predicted octanol–water partition coefficient (Wildman–Crippen LogP) is 5.81. The number of halogens is 2. The Morgan fingerprint density at radius 3 is 2.45 bits per heavy atom. The van der Waals surface area contributed by atoms with Gasteiger partial charge in [0, 0.05) is 11.8 Å². The van der Waals surface area contributed by atoms with Crippen molar-refractivity contribution < 1.29 is 4.39 Å². The SMILES string of the molecule is Cc1ccc(Cn2nc(C)c(NC(=S)Nc3nn(Cc4ccccc4F)cc3Br)c2C)cc1. The average molecular weight is 527 g/mol. The van der Waals surface area contributed by atoms with Crippen LogP contribution in [-0.2, 0) is 13.1 Å². The molecule has 2 N–H and O–H groups in total. The molecule has 0 atom stereocenters. The fraction of sp³-hybridized carbons (Fsp3) is 0.208. The second kappa shape index (κ2) is 9.84. The molecule has 0 saturated carbocycles. The van der Waals surface area contributed by atoms with E-state index in [4.69, 9.17) is 12.2 Å². The molecule has 2 aromatic heterocycles. The number of thiocarbonyl (C=S) groups is 1. The molecule has 0 spiro atoms. The van der Waals surface area contributed by atoms with Gasteiger partial charge in [-0.1, -0.05) is 48.0 Å². The molecule has 2 heterocycles. The summed E-state index contributed by atoms with van der Waals surface area (Å²) in [5.41, 5.74) is 5.68. The topological polar surface area (TPSA) is 59.7 Å². The van der Waals surface area contributed by atoms with Crippen molar-refractivity contribution in [1.82, 2.24) is 19.6 Å². The van der Waals surface area contributed by atoms with E-state index in [1.807, 2.05) is 18.5 Å². The summed E-state index contributed by atoms with van der Waals surface area (Å²) in [5.74, 6) is 0.288. The number of nitrogens with zero attached hydrogens (tertiary/aromatic N) is 4. The first-order chi connectivity index (χ1) is 15.8. The molecule has 4 rings (SSSR count). The summed E-state index contributed by atoms with van der Waals surface area (Å²) < 4.78 is 18.3. The number of rotatable bonds is 6. The number of nitrogens with one attached hydrogen (secondary N) is 2. The minimum atomic E-state index is -0.260. The highest BCUT2D eigenvalue weighted by Gasteiger charge is 2.15. The van der Waals surface area contributed by atoms with Crippen LogP contribution < -0.4 is 10.6 Å². The van der Waals surface area contributed by atoms with E-state index in [1.54, 1.807) is 29.1 Å². The molecule has 9 heteroatoms. The molecule has 0 radical (unpaired) electrons. The Balaban J connectivity index is 1.44. The first kappa shape index (κ1) is 23.1. The van der Waals surface area contributed by atoms with Crippen LogP contribution in [0.3, 0.4) is 0 Å². The van der Waals surface area contributed by atoms with Crippen LogP contribution in [0.25, 0.3) is 0 Å². The minimum Gasteiger partial charge on any atom is -0.329 e. The van der Waals surface area contributed by atoms with Crippen molar-refractivity contribution in [2.75, 3.05) is 10.6 Å². The van der Waals surface area contributed by atoms with Crippen LogP contribution in [0.1, 0.15) is 28.1 Å². The van der Waals surface area contributed by atoms with Crippen molar-refractivity contribution in [3.05, 3.63) is 93.1 Å². The van der Waals surface area contributed by atoms with Crippen LogP contribution in [0, 0.1) is 26.6 Å². The number of aromatic nitrogens is 4. The first-order valence-corrected chi connectivity index (χ1v) is 11.6. The van der Waals surface area contributed by atoms with Crippen LogP contribution in [0.4, 0.5) is 15.9 Å². The molecule has 170 valence electrons. The third kappa shape index (κ3) is 5.48. The Bertz CT molecular complexity index is 1300. The van der Waals surface area contributed by atoms with E-state index < -0.39 is 0 Å². The number of hydrogen-bond donors (Lipinski definition) is 2. The van der Waals surface area contributed by atoms with E-state index >= 15 is 0 Å². The Kier molecular flexibility index (Phi) is 6.90. The average Bonchev–Trinajstić information content (AvgIpc) is 3.24. The van der Waals surface area contributed by atoms with Gasteiger partial charge >= 0.3 is 0 Å². The minimum absolute atomic E-state index is 0.260. The zero-order chi connectivity index (χ0) is 23.5. The fourth-order valence-electron chi connectivity index (χ4n) is 3.51. The van der Waals surface area contributed by atoms with Gasteiger partial charge in [-0.05, 0) is 60.5 Å². The van der Waals surface area contributed by atoms with Crippen molar-refractivity contribution in [2.24, 2.45) is 0 Å². The maximum Gasteiger partial charge on any atom is 0.176 e. The molecular formula is C24H24BrFN6S. The van der Waals surface area contributed by atoms with Gasteiger partial charge in [0.05, 0.1) is 34.6 Å². The zero-order valence-electron chi connectivity index (χ0n) is 18.6. The second-order valence-electron chi connectivity index (χ2n) is 7.88. The predicted molar refractivity (Wildman–Crippen MR) is 137 cm³/mol. The van der Waals surface area contributed by atoms with Gasteiger partial charge < -0.3 is 10.6 Å². The van der Waals surface area contributed by atoms with Gasteiger partial charge in [-0.2, -0.15) is 10.2 Å². The van der Waals surface area contributed by atoms with Gasteiger partial charge in [-0.25, -0.2) is 4.39 Å². The standard InChI is InChI=1S/C24H24BrFN6S/c1-15-8-10-18(11-9-15)12-32-17(3)22(16(2)29-32)27-24(33)28-23-20(25)14-31(30-23)13-19-6-4-5-7-21(19)26/h4-11,14H,12-13H2,1-3H3,(H2,27,28,30,33). The van der Waals surface area contributed by atoms with Crippen molar-refractivity contribution in [3.8, 4) is 0 Å². The molecule has 6 nitrogen and oxygen atoms in total. The highest BCUT2D eigenvalue weighted by Crippen LogP contribution is 2.24. The van der Waals surface area contributed by atoms with E-state index in [9.17, 15) is 4.39 Å². The molecule has 0 unspecified atom stereocenters. The van der Waals surface area contributed by atoms with Gasteiger partial charge in [-0.3, -0.25) is 9.36 Å². The van der Waals surface area contributed by atoms with Crippen LogP contribution in [0.5, 0.6) is 0 Å². The molecule has 0 aliphatic heterocycles. The quantitative estimate of drug-likeness (QED) is 0.310. The molecule has 0 saturated heterocycles. The summed E-state index contributed by atoms with van der Waals surface area (Å²) in [6.07, 6.45) is 1.79. The van der Waals surface area contributed by atoms with Gasteiger partial charge in [0.15, 0.2) is 10.9 Å². The summed E-state index contributed by atoms with van der Waals surface area (Å²) in [4.78, 5) is 0. The molecule has 4 aromatic rings. The maximum atomic E-state index is 14.0. The number of anilines is 2. The lowest BCUT2D eigenvalue weighted by Crippen LogP contribution is -2.20. The van der Waals surface area contributed by atoms with Crippen LogP contribution in [0.2, 0.25) is 0 Å². The van der Waals surface area contributed by atoms with Gasteiger partial charge in [-0.15, -0.1) is 0 Å². The number of aryl methyl sites for hydroxylation is 2. The lowest BCUT2D eigenvalue weighted by molar-refractivity contribution is 0.586. The molecular weight excluding hydrogens is 503 g/mol. The van der Waals surface area contributed by atoms with E-state index in [0.717, 1.165) is 21.5 Å². The highest BCUT2D eigenvalue weighted by molar-refractivity contribution is 9.10. The lowest BCUT2D eigenvalue weighted by Gasteiger charge is -2.10. The summed E-state index contributed by atoms with van der Waals surface area (Å²) in [5, 5.41) is 15.9. The molecule has 0 aliphatic rings. The monoisotopic (exact) mass is 526 g/mol. The summed E-state index contributed by atoms with van der Waals surface area (Å²) in [6, 6.07) is 15.1. The highest BCUT2D eigenvalue weighted by atomic mass is 79.9. The largest absolute Gasteiger partial charge is 0.329 e. The van der Waals surface area contributed by atoms with Crippen molar-refractivity contribution in [1.29, 1.82) is 0 Å². The second-order valence-corrected chi connectivity index (χ2v) is 9.15. The zero-order valence-corrected chi connectivity index (χ0v) is 21.0. The van der Waals surface area contributed by atoms with Gasteiger partial charge in [0.2, 0.25) is 0 Å². The summed E-state index contributed by atoms with van der Waals surface area (Å²) >= 11 is 9.02. The van der Waals surface area contributed by atoms with Gasteiger partial charge in [0.25, 0.3) is 0 Å². The van der Waals surface area contributed by atoms with E-state index in [-0.39, 0.29) is 5.82 Å². The Morgan fingerprint density at radius 1 is 1.00 bits per heavy atom. The molecule has 0 bridgehead atoms. The van der Waals surface area contributed by atoms with Gasteiger partial charge in [0.1, 0.15) is 5.82 Å². The molecule has 0 amide bonds. The van der Waals surface area contributed by atoms with E-state index in [0.29, 0.717) is 29.6 Å². The Labute approximate surface area is 205 Å². The summed E-state index contributed by atoms with van der Waals surface area (Å²) in [6.45, 7) is 7.03. The van der Waals surface area contributed by atoms with Crippen LogP contribution in [0.15, 0.2) is 59.2 Å². The maximum absolute atomic E-state index is 14.0. The van der Waals surface area contributed by atoms with Crippen molar-refractivity contribution in [3.63, 3.8) is 0 Å². The smallest absolute Gasteiger partial charge is 0.176 e. The number of benzene rings is 2. The molecule has 2 aromatic carbocycles. The van der Waals surface area contributed by atoms with Crippen LogP contribution in [-0.4, -0.2) is 24.7 Å². The third-order valence-corrected chi connectivity index (χ3v) is 6.10. The molecule has 0 fully saturated rings. The molecule has 33 heavy (non-hydrogen) atoms.